The molecule has 0 bridgehead atoms. The minimum atomic E-state index is -0.626. The molecule has 4 aromatic rings. The lowest BCUT2D eigenvalue weighted by Crippen LogP contribution is -2.29. The first-order valence-electron chi connectivity index (χ1n) is 13.1. The standard InChI is InChI=1S/C32H33NO5/c1-6-7-14-37-24-13-12-23(17-25(24)36-5)29-28-30(34)27-21(4)15-20(3)16-26(27)38-31(28)32(35)33(29)18-22-10-8-19(2)9-11-22/h8-13,15-17,29H,6-7,14,18H2,1-5H3. The van der Waals surface area contributed by atoms with Gasteiger partial charge >= 0.3 is 0 Å². The fraction of sp³-hybridized carbons (Fsp3) is 0.312. The third-order valence-corrected chi connectivity index (χ3v) is 7.14. The van der Waals surface area contributed by atoms with E-state index in [9.17, 15) is 9.59 Å². The van der Waals surface area contributed by atoms with E-state index >= 15 is 0 Å². The highest BCUT2D eigenvalue weighted by Gasteiger charge is 2.43. The van der Waals surface area contributed by atoms with E-state index in [-0.39, 0.29) is 17.1 Å². The lowest BCUT2D eigenvalue weighted by Gasteiger charge is -2.26. The Bertz CT molecular complexity index is 1570. The minimum Gasteiger partial charge on any atom is -0.493 e. The van der Waals surface area contributed by atoms with Crippen LogP contribution in [0.15, 0.2) is 63.8 Å². The van der Waals surface area contributed by atoms with Crippen LogP contribution >= 0.6 is 0 Å². The molecule has 0 radical (unpaired) electrons. The van der Waals surface area contributed by atoms with E-state index in [4.69, 9.17) is 13.9 Å². The molecule has 5 rings (SSSR count). The largest absolute Gasteiger partial charge is 0.493 e. The summed E-state index contributed by atoms with van der Waals surface area (Å²) in [5.41, 5.74) is 5.30. The molecule has 3 aromatic carbocycles. The van der Waals surface area contributed by atoms with Crippen molar-refractivity contribution in [2.75, 3.05) is 13.7 Å². The summed E-state index contributed by atoms with van der Waals surface area (Å²) in [6.07, 6.45) is 1.96. The molecule has 0 fully saturated rings. The molecule has 1 aliphatic rings. The number of rotatable bonds is 8. The summed E-state index contributed by atoms with van der Waals surface area (Å²) in [7, 11) is 1.59. The Hall–Kier alpha value is -4.06. The Labute approximate surface area is 222 Å². The first-order valence-corrected chi connectivity index (χ1v) is 13.1. The van der Waals surface area contributed by atoms with Gasteiger partial charge in [-0.25, -0.2) is 0 Å². The van der Waals surface area contributed by atoms with Gasteiger partial charge in [0.2, 0.25) is 5.76 Å². The fourth-order valence-corrected chi connectivity index (χ4v) is 5.21. The van der Waals surface area contributed by atoms with Crippen molar-refractivity contribution in [3.05, 3.63) is 104 Å². The second-order valence-electron chi connectivity index (χ2n) is 10.1. The summed E-state index contributed by atoms with van der Waals surface area (Å²) in [6, 6.07) is 16.8. The van der Waals surface area contributed by atoms with Crippen molar-refractivity contribution in [2.45, 2.75) is 53.1 Å². The SMILES string of the molecule is CCCCOc1ccc(C2c3c(oc4cc(C)cc(C)c4c3=O)C(=O)N2Cc2ccc(C)cc2)cc1OC. The second kappa shape index (κ2) is 10.4. The molecule has 38 heavy (non-hydrogen) atoms. The maximum Gasteiger partial charge on any atom is 0.291 e. The lowest BCUT2D eigenvalue weighted by atomic mass is 9.96. The van der Waals surface area contributed by atoms with Crippen LogP contribution in [0.1, 0.15) is 69.7 Å². The Morgan fingerprint density at radius 1 is 0.921 bits per heavy atom. The molecule has 0 spiro atoms. The summed E-state index contributed by atoms with van der Waals surface area (Å²) in [5.74, 6) is 1.00. The maximum absolute atomic E-state index is 14.0. The summed E-state index contributed by atoms with van der Waals surface area (Å²) in [6.45, 7) is 8.91. The van der Waals surface area contributed by atoms with Crippen molar-refractivity contribution in [1.82, 2.24) is 4.90 Å². The molecule has 1 amide bonds. The molecule has 0 aliphatic carbocycles. The van der Waals surface area contributed by atoms with Crippen molar-refractivity contribution in [2.24, 2.45) is 0 Å². The number of amides is 1. The third-order valence-electron chi connectivity index (χ3n) is 7.14. The van der Waals surface area contributed by atoms with E-state index < -0.39 is 6.04 Å². The lowest BCUT2D eigenvalue weighted by molar-refractivity contribution is 0.0714. The quantitative estimate of drug-likeness (QED) is 0.248. The van der Waals surface area contributed by atoms with Crippen LogP contribution < -0.4 is 14.9 Å². The van der Waals surface area contributed by atoms with Crippen LogP contribution in [0.4, 0.5) is 0 Å². The number of fused-ring (bicyclic) bond motifs is 2. The summed E-state index contributed by atoms with van der Waals surface area (Å²) >= 11 is 0. The van der Waals surface area contributed by atoms with Crippen molar-refractivity contribution in [3.8, 4) is 11.5 Å². The van der Waals surface area contributed by atoms with Gasteiger partial charge in [-0.15, -0.1) is 0 Å². The number of benzene rings is 3. The fourth-order valence-electron chi connectivity index (χ4n) is 5.21. The van der Waals surface area contributed by atoms with Crippen molar-refractivity contribution in [1.29, 1.82) is 0 Å². The number of nitrogens with zero attached hydrogens (tertiary/aromatic N) is 1. The van der Waals surface area contributed by atoms with Gasteiger partial charge in [-0.2, -0.15) is 0 Å². The molecule has 196 valence electrons. The second-order valence-corrected chi connectivity index (χ2v) is 10.1. The van der Waals surface area contributed by atoms with Crippen molar-refractivity contribution < 1.29 is 18.7 Å². The van der Waals surface area contributed by atoms with Crippen LogP contribution in [-0.2, 0) is 6.54 Å². The Morgan fingerprint density at radius 2 is 1.68 bits per heavy atom. The maximum atomic E-state index is 14.0. The predicted molar refractivity (Wildman–Crippen MR) is 148 cm³/mol. The first-order chi connectivity index (χ1) is 18.3. The smallest absolute Gasteiger partial charge is 0.291 e. The van der Waals surface area contributed by atoms with E-state index in [2.05, 4.69) is 6.92 Å². The van der Waals surface area contributed by atoms with E-state index in [0.717, 1.165) is 40.7 Å². The molecule has 1 aliphatic heterocycles. The molecule has 1 atom stereocenters. The zero-order valence-electron chi connectivity index (χ0n) is 22.6. The number of ether oxygens (including phenoxy) is 2. The van der Waals surface area contributed by atoms with Gasteiger partial charge in [0, 0.05) is 6.54 Å². The molecule has 0 saturated heterocycles. The van der Waals surface area contributed by atoms with Crippen LogP contribution in [-0.4, -0.2) is 24.5 Å². The van der Waals surface area contributed by atoms with E-state index in [1.807, 2.05) is 75.4 Å². The van der Waals surface area contributed by atoms with Crippen LogP contribution in [0, 0.1) is 20.8 Å². The van der Waals surface area contributed by atoms with Gasteiger partial charge in [-0.1, -0.05) is 55.3 Å². The third kappa shape index (κ3) is 4.55. The van der Waals surface area contributed by atoms with Gasteiger partial charge in [-0.05, 0) is 67.6 Å². The monoisotopic (exact) mass is 511 g/mol. The van der Waals surface area contributed by atoms with Gasteiger partial charge in [-0.3, -0.25) is 9.59 Å². The van der Waals surface area contributed by atoms with Gasteiger partial charge in [0.15, 0.2) is 16.9 Å². The summed E-state index contributed by atoms with van der Waals surface area (Å²) in [5, 5.41) is 0.510. The number of carbonyl (C=O) groups excluding carboxylic acids is 1. The average molecular weight is 512 g/mol. The van der Waals surface area contributed by atoms with Crippen LogP contribution in [0.3, 0.4) is 0 Å². The molecule has 0 N–H and O–H groups in total. The molecule has 6 nitrogen and oxygen atoms in total. The van der Waals surface area contributed by atoms with Crippen molar-refractivity contribution >= 4 is 16.9 Å². The molecular weight excluding hydrogens is 478 g/mol. The molecule has 1 aromatic heterocycles. The Balaban J connectivity index is 1.68. The predicted octanol–water partition coefficient (Wildman–Crippen LogP) is 6.65. The van der Waals surface area contributed by atoms with Gasteiger partial charge in [0.1, 0.15) is 5.58 Å². The topological polar surface area (TPSA) is 69.0 Å². The first kappa shape index (κ1) is 25.6. The molecule has 1 unspecified atom stereocenters. The Morgan fingerprint density at radius 3 is 2.39 bits per heavy atom. The van der Waals surface area contributed by atoms with E-state index in [1.165, 1.54) is 0 Å². The molecular formula is C32H33NO5. The van der Waals surface area contributed by atoms with Gasteiger partial charge < -0.3 is 18.8 Å². The van der Waals surface area contributed by atoms with Gasteiger partial charge in [0.05, 0.1) is 30.7 Å². The van der Waals surface area contributed by atoms with Gasteiger partial charge in [0.25, 0.3) is 5.91 Å². The molecule has 0 saturated carbocycles. The highest BCUT2D eigenvalue weighted by Crippen LogP contribution is 2.42. The number of hydrogen-bond donors (Lipinski definition) is 0. The van der Waals surface area contributed by atoms with E-state index in [1.54, 1.807) is 12.0 Å². The number of aryl methyl sites for hydroxylation is 3. The number of methoxy groups -OCH3 is 1. The molecule has 6 heteroatoms. The molecule has 2 heterocycles. The zero-order chi connectivity index (χ0) is 27.0. The Kier molecular flexibility index (Phi) is 6.98. The zero-order valence-corrected chi connectivity index (χ0v) is 22.6. The van der Waals surface area contributed by atoms with Crippen LogP contribution in [0.25, 0.3) is 11.0 Å². The highest BCUT2D eigenvalue weighted by molar-refractivity contribution is 5.99. The number of hydrogen-bond acceptors (Lipinski definition) is 5. The average Bonchev–Trinajstić information content (AvgIpc) is 3.16. The minimum absolute atomic E-state index is 0.104. The number of unbranched alkanes of at least 4 members (excludes halogenated alkanes) is 1. The van der Waals surface area contributed by atoms with E-state index in [0.29, 0.717) is 41.2 Å². The summed E-state index contributed by atoms with van der Waals surface area (Å²) in [4.78, 5) is 29.6. The number of carbonyl (C=O) groups is 1. The van der Waals surface area contributed by atoms with Crippen LogP contribution in [0.5, 0.6) is 11.5 Å². The summed E-state index contributed by atoms with van der Waals surface area (Å²) < 4.78 is 17.8. The highest BCUT2D eigenvalue weighted by atomic mass is 16.5. The van der Waals surface area contributed by atoms with Crippen molar-refractivity contribution in [3.63, 3.8) is 0 Å². The normalized spacial score (nSPS) is 14.7. The van der Waals surface area contributed by atoms with Crippen LogP contribution in [0.2, 0.25) is 0 Å².